The number of hydrogen-bond acceptors (Lipinski definition) is 2. The van der Waals surface area contributed by atoms with E-state index in [-0.39, 0.29) is 12.1 Å². The number of benzene rings is 1. The number of halogens is 1. The van der Waals surface area contributed by atoms with Crippen LogP contribution < -0.4 is 0 Å². The number of sulfonamides is 1. The molecule has 18 heavy (non-hydrogen) atoms. The second kappa shape index (κ2) is 5.46. The summed E-state index contributed by atoms with van der Waals surface area (Å²) in [6, 6.07) is 7.27. The van der Waals surface area contributed by atoms with Crippen LogP contribution in [-0.2, 0) is 10.0 Å². The molecule has 0 aliphatic carbocycles. The van der Waals surface area contributed by atoms with Gasteiger partial charge in [0.25, 0.3) is 0 Å². The van der Waals surface area contributed by atoms with Crippen molar-refractivity contribution in [3.05, 3.63) is 27.8 Å². The summed E-state index contributed by atoms with van der Waals surface area (Å²) in [5.74, 6) is 0. The van der Waals surface area contributed by atoms with Crippen molar-refractivity contribution in [1.82, 2.24) is 4.31 Å². The molecule has 0 radical (unpaired) electrons. The third kappa shape index (κ3) is 2.72. The van der Waals surface area contributed by atoms with Gasteiger partial charge in [-0.05, 0) is 73.5 Å². The highest BCUT2D eigenvalue weighted by Gasteiger charge is 2.35. The summed E-state index contributed by atoms with van der Waals surface area (Å²) in [5, 5.41) is 0. The van der Waals surface area contributed by atoms with Gasteiger partial charge in [-0.1, -0.05) is 6.42 Å². The molecule has 100 valence electrons. The third-order valence-corrected chi connectivity index (χ3v) is 6.36. The lowest BCUT2D eigenvalue weighted by Crippen LogP contribution is -2.47. The van der Waals surface area contributed by atoms with E-state index in [9.17, 15) is 8.42 Å². The van der Waals surface area contributed by atoms with E-state index < -0.39 is 10.0 Å². The Morgan fingerprint density at radius 2 is 1.61 bits per heavy atom. The van der Waals surface area contributed by atoms with Crippen molar-refractivity contribution < 1.29 is 8.42 Å². The van der Waals surface area contributed by atoms with Gasteiger partial charge in [-0.15, -0.1) is 0 Å². The van der Waals surface area contributed by atoms with Gasteiger partial charge in [-0.3, -0.25) is 0 Å². The molecule has 1 heterocycles. The van der Waals surface area contributed by atoms with Crippen LogP contribution in [0.2, 0.25) is 0 Å². The van der Waals surface area contributed by atoms with Crippen LogP contribution in [0.15, 0.2) is 29.2 Å². The Labute approximate surface area is 123 Å². The summed E-state index contributed by atoms with van der Waals surface area (Å²) >= 11 is 2.18. The molecule has 2 rings (SSSR count). The zero-order chi connectivity index (χ0) is 13.3. The molecule has 0 aromatic heterocycles. The van der Waals surface area contributed by atoms with Crippen LogP contribution in [-0.4, -0.2) is 24.8 Å². The Morgan fingerprint density at radius 3 is 2.11 bits per heavy atom. The molecule has 1 saturated heterocycles. The molecule has 0 spiro atoms. The van der Waals surface area contributed by atoms with Crippen molar-refractivity contribution in [2.45, 2.75) is 50.1 Å². The molecule has 0 bridgehead atoms. The summed E-state index contributed by atoms with van der Waals surface area (Å²) in [6.07, 6.45) is 3.02. The van der Waals surface area contributed by atoms with E-state index in [4.69, 9.17) is 0 Å². The zero-order valence-electron chi connectivity index (χ0n) is 10.6. The van der Waals surface area contributed by atoms with Gasteiger partial charge >= 0.3 is 0 Å². The largest absolute Gasteiger partial charge is 0.243 e. The van der Waals surface area contributed by atoms with Crippen LogP contribution in [0.4, 0.5) is 0 Å². The maximum absolute atomic E-state index is 12.6. The molecule has 0 saturated carbocycles. The molecule has 1 aliphatic heterocycles. The average Bonchev–Trinajstić information content (AvgIpc) is 2.29. The molecular formula is C13H18INO2S. The van der Waals surface area contributed by atoms with Crippen molar-refractivity contribution in [2.75, 3.05) is 0 Å². The number of nitrogens with zero attached hydrogens (tertiary/aromatic N) is 1. The Balaban J connectivity index is 2.38. The van der Waals surface area contributed by atoms with E-state index in [0.29, 0.717) is 4.90 Å². The fourth-order valence-corrected chi connectivity index (χ4v) is 4.84. The van der Waals surface area contributed by atoms with Crippen LogP contribution >= 0.6 is 22.6 Å². The number of rotatable bonds is 2. The van der Waals surface area contributed by atoms with E-state index >= 15 is 0 Å². The van der Waals surface area contributed by atoms with Gasteiger partial charge in [0.2, 0.25) is 10.0 Å². The quantitative estimate of drug-likeness (QED) is 0.740. The zero-order valence-corrected chi connectivity index (χ0v) is 13.6. The minimum absolute atomic E-state index is 0.0954. The predicted octanol–water partition coefficient (Wildman–Crippen LogP) is 3.24. The first-order valence-electron chi connectivity index (χ1n) is 6.22. The van der Waals surface area contributed by atoms with E-state index in [2.05, 4.69) is 22.6 Å². The van der Waals surface area contributed by atoms with Gasteiger partial charge < -0.3 is 0 Å². The molecule has 1 fully saturated rings. The predicted molar refractivity (Wildman–Crippen MR) is 81.0 cm³/mol. The van der Waals surface area contributed by atoms with Crippen molar-refractivity contribution in [3.63, 3.8) is 0 Å². The normalized spacial score (nSPS) is 26.2. The smallest absolute Gasteiger partial charge is 0.207 e. The van der Waals surface area contributed by atoms with Crippen LogP contribution in [0.5, 0.6) is 0 Å². The molecule has 1 aliphatic rings. The fourth-order valence-electron chi connectivity index (χ4n) is 2.60. The lowest BCUT2D eigenvalue weighted by Gasteiger charge is -2.37. The fraction of sp³-hybridized carbons (Fsp3) is 0.538. The standard InChI is InChI=1S/C13H18INO2S/c1-10-4-3-5-11(2)15(10)18(16,17)13-8-6-12(14)7-9-13/h6-11H,3-5H2,1-2H3/t10-,11-/m1/s1. The first kappa shape index (κ1) is 14.3. The first-order chi connectivity index (χ1) is 8.43. The van der Waals surface area contributed by atoms with Crippen LogP contribution in [0.25, 0.3) is 0 Å². The molecule has 3 nitrogen and oxygen atoms in total. The summed E-state index contributed by atoms with van der Waals surface area (Å²) in [4.78, 5) is 0.406. The Bertz CT molecular complexity index is 502. The van der Waals surface area contributed by atoms with Gasteiger partial charge in [0.05, 0.1) is 4.90 Å². The SMILES string of the molecule is C[C@@H]1CCC[C@@H](C)N1S(=O)(=O)c1ccc(I)cc1. The Hall–Kier alpha value is -0.140. The highest BCUT2D eigenvalue weighted by molar-refractivity contribution is 14.1. The minimum atomic E-state index is -3.35. The Kier molecular flexibility index (Phi) is 4.33. The van der Waals surface area contributed by atoms with Crippen LogP contribution in [0.1, 0.15) is 33.1 Å². The van der Waals surface area contributed by atoms with Crippen molar-refractivity contribution in [2.24, 2.45) is 0 Å². The Morgan fingerprint density at radius 1 is 1.11 bits per heavy atom. The molecule has 0 N–H and O–H groups in total. The van der Waals surface area contributed by atoms with Crippen LogP contribution in [0.3, 0.4) is 0 Å². The number of hydrogen-bond donors (Lipinski definition) is 0. The average molecular weight is 379 g/mol. The molecule has 0 unspecified atom stereocenters. The second-order valence-corrected chi connectivity index (χ2v) is 8.01. The van der Waals surface area contributed by atoms with E-state index in [1.54, 1.807) is 16.4 Å². The lowest BCUT2D eigenvalue weighted by molar-refractivity contribution is 0.204. The molecule has 0 amide bonds. The lowest BCUT2D eigenvalue weighted by atomic mass is 10.0. The van der Waals surface area contributed by atoms with Gasteiger partial charge in [-0.2, -0.15) is 4.31 Å². The van der Waals surface area contributed by atoms with Crippen LogP contribution in [0, 0.1) is 3.57 Å². The molecule has 2 atom stereocenters. The molecule has 1 aromatic carbocycles. The van der Waals surface area contributed by atoms with E-state index in [0.717, 1.165) is 22.8 Å². The molecule has 5 heteroatoms. The van der Waals surface area contributed by atoms with Gasteiger partial charge in [0.1, 0.15) is 0 Å². The summed E-state index contributed by atoms with van der Waals surface area (Å²) in [5.41, 5.74) is 0. The van der Waals surface area contributed by atoms with Gasteiger partial charge in [0.15, 0.2) is 0 Å². The topological polar surface area (TPSA) is 37.4 Å². The highest BCUT2D eigenvalue weighted by Crippen LogP contribution is 2.29. The highest BCUT2D eigenvalue weighted by atomic mass is 127. The summed E-state index contributed by atoms with van der Waals surface area (Å²) < 4.78 is 28.0. The molecule has 1 aromatic rings. The number of piperidine rings is 1. The van der Waals surface area contributed by atoms with Crippen molar-refractivity contribution >= 4 is 32.6 Å². The summed E-state index contributed by atoms with van der Waals surface area (Å²) in [6.45, 7) is 4.00. The van der Waals surface area contributed by atoms with E-state index in [1.165, 1.54) is 0 Å². The van der Waals surface area contributed by atoms with Crippen molar-refractivity contribution in [1.29, 1.82) is 0 Å². The van der Waals surface area contributed by atoms with Gasteiger partial charge in [-0.25, -0.2) is 8.42 Å². The van der Waals surface area contributed by atoms with Crippen molar-refractivity contribution in [3.8, 4) is 0 Å². The maximum atomic E-state index is 12.6. The first-order valence-corrected chi connectivity index (χ1v) is 8.74. The third-order valence-electron chi connectivity index (χ3n) is 3.50. The summed E-state index contributed by atoms with van der Waals surface area (Å²) in [7, 11) is -3.35. The maximum Gasteiger partial charge on any atom is 0.243 e. The van der Waals surface area contributed by atoms with E-state index in [1.807, 2.05) is 26.0 Å². The second-order valence-electron chi connectivity index (χ2n) is 4.92. The minimum Gasteiger partial charge on any atom is -0.207 e. The molecular weight excluding hydrogens is 361 g/mol. The van der Waals surface area contributed by atoms with Gasteiger partial charge in [0, 0.05) is 15.7 Å². The monoisotopic (exact) mass is 379 g/mol.